The number of benzene rings is 2. The number of sulfone groups is 1. The van der Waals surface area contributed by atoms with Crippen LogP contribution in [0, 0.1) is 0 Å². The third-order valence-corrected chi connectivity index (χ3v) is 6.42. The van der Waals surface area contributed by atoms with Crippen molar-refractivity contribution in [3.8, 4) is 5.69 Å². The minimum absolute atomic E-state index is 0.201. The average Bonchev–Trinajstić information content (AvgIpc) is 3.16. The van der Waals surface area contributed by atoms with Crippen molar-refractivity contribution in [2.45, 2.75) is 19.0 Å². The van der Waals surface area contributed by atoms with Crippen LogP contribution in [0.1, 0.15) is 12.0 Å². The molecule has 0 amide bonds. The van der Waals surface area contributed by atoms with E-state index >= 15 is 0 Å². The summed E-state index contributed by atoms with van der Waals surface area (Å²) in [6.07, 6.45) is 2.61. The topological polar surface area (TPSA) is 68.6 Å². The smallest absolute Gasteiger partial charge is 0.156 e. The fourth-order valence-corrected chi connectivity index (χ4v) is 5.05. The fourth-order valence-electron chi connectivity index (χ4n) is 3.27. The van der Waals surface area contributed by atoms with Crippen LogP contribution in [0.2, 0.25) is 0 Å². The van der Waals surface area contributed by atoms with Crippen molar-refractivity contribution in [1.82, 2.24) is 9.55 Å². The first-order valence-electron chi connectivity index (χ1n) is 8.16. The summed E-state index contributed by atoms with van der Waals surface area (Å²) in [6, 6.07) is 16.6. The summed E-state index contributed by atoms with van der Waals surface area (Å²) in [6.45, 7) is 0.811. The van der Waals surface area contributed by atoms with Gasteiger partial charge >= 0.3 is 0 Å². The van der Waals surface area contributed by atoms with Crippen LogP contribution in [-0.2, 0) is 16.4 Å². The van der Waals surface area contributed by atoms with E-state index in [4.69, 9.17) is 0 Å². The molecule has 2 heterocycles. The zero-order chi connectivity index (χ0) is 16.6. The third-order valence-electron chi connectivity index (χ3n) is 4.62. The van der Waals surface area contributed by atoms with Crippen molar-refractivity contribution >= 4 is 20.9 Å². The molecule has 0 spiro atoms. The Morgan fingerprint density at radius 2 is 1.92 bits per heavy atom. The number of quaternary nitrogens is 1. The maximum absolute atomic E-state index is 11.5. The van der Waals surface area contributed by atoms with Gasteiger partial charge in [-0.25, -0.2) is 13.4 Å². The second-order valence-corrected chi connectivity index (χ2v) is 8.60. The summed E-state index contributed by atoms with van der Waals surface area (Å²) < 4.78 is 25.1. The monoisotopic (exact) mass is 342 g/mol. The molecule has 1 aliphatic rings. The Bertz CT molecular complexity index is 961. The van der Waals surface area contributed by atoms with Gasteiger partial charge in [0.2, 0.25) is 0 Å². The van der Waals surface area contributed by atoms with Gasteiger partial charge in [-0.2, -0.15) is 0 Å². The Balaban J connectivity index is 1.47. The number of aromatic nitrogens is 2. The molecule has 1 aromatic heterocycles. The summed E-state index contributed by atoms with van der Waals surface area (Å²) in [4.78, 5) is 4.42. The van der Waals surface area contributed by atoms with Crippen LogP contribution in [0.3, 0.4) is 0 Å². The maximum atomic E-state index is 11.5. The minimum Gasteiger partial charge on any atom is -0.339 e. The highest BCUT2D eigenvalue weighted by molar-refractivity contribution is 7.91. The second-order valence-electron chi connectivity index (χ2n) is 6.37. The van der Waals surface area contributed by atoms with Gasteiger partial charge in [-0.3, -0.25) is 4.57 Å². The van der Waals surface area contributed by atoms with Crippen molar-refractivity contribution in [2.24, 2.45) is 0 Å². The zero-order valence-electron chi connectivity index (χ0n) is 13.3. The van der Waals surface area contributed by atoms with Crippen molar-refractivity contribution in [3.63, 3.8) is 0 Å². The number of hydrogen-bond acceptors (Lipinski definition) is 3. The molecule has 0 radical (unpaired) electrons. The molecule has 0 unspecified atom stereocenters. The first kappa shape index (κ1) is 15.4. The first-order chi connectivity index (χ1) is 11.6. The lowest BCUT2D eigenvalue weighted by atomic mass is 10.2. The van der Waals surface area contributed by atoms with Crippen LogP contribution < -0.4 is 5.32 Å². The Morgan fingerprint density at radius 3 is 2.67 bits per heavy atom. The van der Waals surface area contributed by atoms with E-state index in [0.717, 1.165) is 29.7 Å². The predicted molar refractivity (Wildman–Crippen MR) is 93.8 cm³/mol. The SMILES string of the molecule is O=S1(=O)CC[C@H]([NH2+]Cc2ccc(-n3cnc4ccccc43)cc2)C1. The van der Waals surface area contributed by atoms with Crippen molar-refractivity contribution in [3.05, 3.63) is 60.4 Å². The second kappa shape index (κ2) is 6.03. The van der Waals surface area contributed by atoms with E-state index in [1.165, 1.54) is 5.56 Å². The Kier molecular flexibility index (Phi) is 3.86. The number of hydrogen-bond donors (Lipinski definition) is 1. The highest BCUT2D eigenvalue weighted by atomic mass is 32.2. The number of nitrogens with two attached hydrogens (primary N) is 1. The molecule has 2 N–H and O–H groups in total. The molecule has 6 heteroatoms. The van der Waals surface area contributed by atoms with E-state index in [1.54, 1.807) is 0 Å². The third kappa shape index (κ3) is 3.07. The largest absolute Gasteiger partial charge is 0.339 e. The van der Waals surface area contributed by atoms with E-state index in [9.17, 15) is 8.42 Å². The molecule has 1 atom stereocenters. The molecule has 5 nitrogen and oxygen atoms in total. The molecule has 0 bridgehead atoms. The van der Waals surface area contributed by atoms with Crippen molar-refractivity contribution in [2.75, 3.05) is 11.5 Å². The number of fused-ring (bicyclic) bond motifs is 1. The summed E-state index contributed by atoms with van der Waals surface area (Å²) in [7, 11) is -2.80. The highest BCUT2D eigenvalue weighted by Crippen LogP contribution is 2.18. The Morgan fingerprint density at radius 1 is 1.12 bits per heavy atom. The molecule has 1 aliphatic heterocycles. The number of para-hydroxylation sites is 2. The van der Waals surface area contributed by atoms with Gasteiger partial charge in [0, 0.05) is 17.7 Å². The number of rotatable bonds is 4. The van der Waals surface area contributed by atoms with Gasteiger partial charge in [-0.05, 0) is 24.3 Å². The summed E-state index contributed by atoms with van der Waals surface area (Å²) in [5.74, 6) is 0.646. The Labute approximate surface area is 141 Å². The lowest BCUT2D eigenvalue weighted by molar-refractivity contribution is -0.699. The quantitative estimate of drug-likeness (QED) is 0.776. The normalized spacial score (nSPS) is 19.8. The van der Waals surface area contributed by atoms with E-state index in [2.05, 4.69) is 45.2 Å². The average molecular weight is 342 g/mol. The van der Waals surface area contributed by atoms with E-state index < -0.39 is 9.84 Å². The molecule has 124 valence electrons. The van der Waals surface area contributed by atoms with Gasteiger partial charge < -0.3 is 5.32 Å². The Hall–Kier alpha value is -2.18. The van der Waals surface area contributed by atoms with Crippen LogP contribution in [0.5, 0.6) is 0 Å². The van der Waals surface area contributed by atoms with Gasteiger partial charge in [0.25, 0.3) is 0 Å². The fraction of sp³-hybridized carbons (Fsp3) is 0.278. The number of nitrogens with zero attached hydrogens (tertiary/aromatic N) is 2. The molecule has 1 saturated heterocycles. The minimum atomic E-state index is -2.80. The molecule has 1 fully saturated rings. The van der Waals surface area contributed by atoms with Crippen LogP contribution in [-0.4, -0.2) is 35.5 Å². The van der Waals surface area contributed by atoms with Gasteiger partial charge in [-0.15, -0.1) is 0 Å². The highest BCUT2D eigenvalue weighted by Gasteiger charge is 2.30. The van der Waals surface area contributed by atoms with E-state index in [-0.39, 0.29) is 6.04 Å². The first-order valence-corrected chi connectivity index (χ1v) is 9.98. The van der Waals surface area contributed by atoms with Crippen LogP contribution in [0.4, 0.5) is 0 Å². The standard InChI is InChI=1S/C18H19N3O2S/c22-24(23)10-9-15(12-24)19-11-14-5-7-16(8-6-14)21-13-20-17-3-1-2-4-18(17)21/h1-8,13,15,19H,9-12H2/p+1/t15-/m0/s1. The van der Waals surface area contributed by atoms with Crippen LogP contribution >= 0.6 is 0 Å². The van der Waals surface area contributed by atoms with Crippen molar-refractivity contribution in [1.29, 1.82) is 0 Å². The molecular formula is C18H20N3O2S+. The maximum Gasteiger partial charge on any atom is 0.156 e. The lowest BCUT2D eigenvalue weighted by Crippen LogP contribution is -2.89. The van der Waals surface area contributed by atoms with E-state index in [0.29, 0.717) is 11.5 Å². The van der Waals surface area contributed by atoms with Crippen LogP contribution in [0.25, 0.3) is 16.7 Å². The molecular weight excluding hydrogens is 322 g/mol. The van der Waals surface area contributed by atoms with Gasteiger partial charge in [-0.1, -0.05) is 24.3 Å². The molecule has 0 saturated carbocycles. The van der Waals surface area contributed by atoms with Gasteiger partial charge in [0.05, 0.1) is 16.8 Å². The van der Waals surface area contributed by atoms with Crippen molar-refractivity contribution < 1.29 is 13.7 Å². The lowest BCUT2D eigenvalue weighted by Gasteiger charge is -2.09. The van der Waals surface area contributed by atoms with Gasteiger partial charge in [0.1, 0.15) is 24.7 Å². The van der Waals surface area contributed by atoms with E-state index in [1.807, 2.05) is 24.5 Å². The molecule has 0 aliphatic carbocycles. The number of imidazole rings is 1. The molecule has 2 aromatic carbocycles. The molecule has 3 aromatic rings. The van der Waals surface area contributed by atoms with Gasteiger partial charge in [0.15, 0.2) is 9.84 Å². The molecule has 24 heavy (non-hydrogen) atoms. The zero-order valence-corrected chi connectivity index (χ0v) is 14.1. The summed E-state index contributed by atoms with van der Waals surface area (Å²) in [5, 5.41) is 2.15. The van der Waals surface area contributed by atoms with Crippen LogP contribution in [0.15, 0.2) is 54.9 Å². The molecule has 4 rings (SSSR count). The summed E-state index contributed by atoms with van der Waals surface area (Å²) >= 11 is 0. The summed E-state index contributed by atoms with van der Waals surface area (Å²) in [5.41, 5.74) is 4.36. The predicted octanol–water partition coefficient (Wildman–Crippen LogP) is 1.28.